The summed E-state index contributed by atoms with van der Waals surface area (Å²) in [5.74, 6) is 0. The molecule has 0 atom stereocenters. The zero-order valence-electron chi connectivity index (χ0n) is 9.21. The Hall–Kier alpha value is -1.38. The molecule has 0 saturated heterocycles. The van der Waals surface area contributed by atoms with Gasteiger partial charge in [0.15, 0.2) is 0 Å². The minimum atomic E-state index is 1.28. The Morgan fingerprint density at radius 3 is 1.47 bits per heavy atom. The lowest BCUT2D eigenvalue weighted by Gasteiger charge is -2.02. The zero-order chi connectivity index (χ0) is 12.1. The van der Waals surface area contributed by atoms with E-state index in [0.29, 0.717) is 0 Å². The van der Waals surface area contributed by atoms with E-state index >= 15 is 0 Å². The van der Waals surface area contributed by atoms with Crippen LogP contribution in [0.4, 0.5) is 0 Å². The van der Waals surface area contributed by atoms with Crippen molar-refractivity contribution >= 4 is 51.1 Å². The Morgan fingerprint density at radius 1 is 0.706 bits per heavy atom. The normalized spacial score (nSPS) is 9.71. The second-order valence-corrected chi connectivity index (χ2v) is 4.46. The van der Waals surface area contributed by atoms with Gasteiger partial charge in [-0.2, -0.15) is 0 Å². The standard InChI is InChI=1S/C14H10.CH2S2/c1-3-7-13-11(5-1)9-10-12-6-2-4-8-14(12)13;2-1-3/h1-10H;1H,(H,2,3). The molecule has 0 bridgehead atoms. The first-order chi connectivity index (χ1) is 8.36. The van der Waals surface area contributed by atoms with E-state index in [1.165, 1.54) is 26.2 Å². The number of thiocarbonyl (C=S) groups is 1. The van der Waals surface area contributed by atoms with Crippen LogP contribution in [0.5, 0.6) is 0 Å². The summed E-state index contributed by atoms with van der Waals surface area (Å²) in [6, 6.07) is 21.4. The summed E-state index contributed by atoms with van der Waals surface area (Å²) in [4.78, 5) is 0. The average molecular weight is 256 g/mol. The van der Waals surface area contributed by atoms with Gasteiger partial charge in [0.25, 0.3) is 0 Å². The molecule has 3 aromatic carbocycles. The first-order valence-electron chi connectivity index (χ1n) is 5.31. The first-order valence-corrected chi connectivity index (χ1v) is 6.30. The van der Waals surface area contributed by atoms with Gasteiger partial charge in [-0.05, 0) is 21.5 Å². The second kappa shape index (κ2) is 5.80. The average Bonchev–Trinajstić information content (AvgIpc) is 2.40. The highest BCUT2D eigenvalue weighted by Gasteiger charge is 1.97. The fraction of sp³-hybridized carbons (Fsp3) is 0. The predicted molar refractivity (Wildman–Crippen MR) is 84.1 cm³/mol. The first kappa shape index (κ1) is 12.1. The maximum atomic E-state index is 4.13. The van der Waals surface area contributed by atoms with Crippen molar-refractivity contribution in [3.8, 4) is 0 Å². The summed E-state index contributed by atoms with van der Waals surface area (Å²) in [6.45, 7) is 0. The van der Waals surface area contributed by atoms with Gasteiger partial charge in [0.1, 0.15) is 0 Å². The van der Waals surface area contributed by atoms with E-state index in [2.05, 4.69) is 85.5 Å². The highest BCUT2D eigenvalue weighted by molar-refractivity contribution is 8.08. The molecule has 3 rings (SSSR count). The Labute approximate surface area is 112 Å². The molecule has 0 aliphatic carbocycles. The van der Waals surface area contributed by atoms with Crippen LogP contribution >= 0.6 is 24.8 Å². The van der Waals surface area contributed by atoms with Crippen LogP contribution in [0.2, 0.25) is 0 Å². The van der Waals surface area contributed by atoms with Gasteiger partial charge < -0.3 is 0 Å². The summed E-state index contributed by atoms with van der Waals surface area (Å²) < 4.78 is 1.28. The zero-order valence-corrected chi connectivity index (χ0v) is 10.9. The van der Waals surface area contributed by atoms with Crippen LogP contribution in [-0.2, 0) is 0 Å². The van der Waals surface area contributed by atoms with E-state index in [0.717, 1.165) is 0 Å². The van der Waals surface area contributed by atoms with Gasteiger partial charge in [0.05, 0.1) is 0 Å². The van der Waals surface area contributed by atoms with Crippen LogP contribution in [0.25, 0.3) is 21.5 Å². The molecular formula is C15H12S2. The molecule has 17 heavy (non-hydrogen) atoms. The fourth-order valence-corrected chi connectivity index (χ4v) is 1.95. The SMILES string of the molecule is S=CS.c1ccc2c(c1)ccc1ccccc12. The van der Waals surface area contributed by atoms with Crippen LogP contribution in [-0.4, -0.2) is 4.70 Å². The molecule has 0 aromatic heterocycles. The van der Waals surface area contributed by atoms with Gasteiger partial charge in [-0.15, -0.1) is 12.6 Å². The summed E-state index contributed by atoms with van der Waals surface area (Å²) in [7, 11) is 0. The van der Waals surface area contributed by atoms with Crippen molar-refractivity contribution in [1.82, 2.24) is 0 Å². The lowest BCUT2D eigenvalue weighted by Crippen LogP contribution is -1.75. The molecule has 3 aromatic rings. The molecule has 2 heteroatoms. The molecule has 84 valence electrons. The summed E-state index contributed by atoms with van der Waals surface area (Å²) in [6.07, 6.45) is 0. The fourth-order valence-electron chi connectivity index (χ4n) is 1.95. The largest absolute Gasteiger partial charge is 0.140 e. The van der Waals surface area contributed by atoms with Crippen LogP contribution in [0.3, 0.4) is 0 Å². The van der Waals surface area contributed by atoms with E-state index in [4.69, 9.17) is 0 Å². The van der Waals surface area contributed by atoms with Crippen LogP contribution in [0.15, 0.2) is 60.7 Å². The van der Waals surface area contributed by atoms with E-state index in [9.17, 15) is 0 Å². The van der Waals surface area contributed by atoms with Gasteiger partial charge in [0.2, 0.25) is 0 Å². The topological polar surface area (TPSA) is 0 Å². The highest BCUT2D eigenvalue weighted by atomic mass is 32.1. The molecule has 0 nitrogen and oxygen atoms in total. The molecule has 0 unspecified atom stereocenters. The van der Waals surface area contributed by atoms with Crippen molar-refractivity contribution in [1.29, 1.82) is 0 Å². The second-order valence-electron chi connectivity index (χ2n) is 3.61. The van der Waals surface area contributed by atoms with Crippen molar-refractivity contribution in [3.63, 3.8) is 0 Å². The van der Waals surface area contributed by atoms with E-state index < -0.39 is 0 Å². The monoisotopic (exact) mass is 256 g/mol. The Balaban J connectivity index is 0.000000329. The number of benzene rings is 3. The molecule has 0 N–H and O–H groups in total. The minimum Gasteiger partial charge on any atom is -0.140 e. The number of fused-ring (bicyclic) bond motifs is 3. The van der Waals surface area contributed by atoms with Crippen molar-refractivity contribution in [2.24, 2.45) is 0 Å². The van der Waals surface area contributed by atoms with Gasteiger partial charge >= 0.3 is 0 Å². The number of rotatable bonds is 0. The third-order valence-electron chi connectivity index (χ3n) is 2.65. The van der Waals surface area contributed by atoms with E-state index in [1.54, 1.807) is 0 Å². The number of hydrogen-bond donors (Lipinski definition) is 1. The molecular weight excluding hydrogens is 244 g/mol. The molecule has 0 amide bonds. The number of thiol groups is 1. The van der Waals surface area contributed by atoms with Gasteiger partial charge in [-0.25, -0.2) is 0 Å². The number of hydrogen-bond acceptors (Lipinski definition) is 1. The molecule has 0 fully saturated rings. The van der Waals surface area contributed by atoms with Crippen molar-refractivity contribution in [3.05, 3.63) is 60.7 Å². The molecule has 0 spiro atoms. The van der Waals surface area contributed by atoms with Crippen LogP contribution in [0, 0.1) is 0 Å². The smallest absolute Gasteiger partial charge is 0.0310 e. The third kappa shape index (κ3) is 2.65. The van der Waals surface area contributed by atoms with Gasteiger partial charge in [0, 0.05) is 4.70 Å². The maximum Gasteiger partial charge on any atom is 0.0310 e. The Kier molecular flexibility index (Phi) is 4.13. The summed E-state index contributed by atoms with van der Waals surface area (Å²) in [5.41, 5.74) is 0. The lowest BCUT2D eigenvalue weighted by molar-refractivity contribution is 1.76. The molecule has 0 heterocycles. The summed E-state index contributed by atoms with van der Waals surface area (Å²) in [5, 5.41) is 5.30. The van der Waals surface area contributed by atoms with E-state index in [1.807, 2.05) is 0 Å². The van der Waals surface area contributed by atoms with Crippen LogP contribution in [0.1, 0.15) is 0 Å². The molecule has 0 saturated carbocycles. The highest BCUT2D eigenvalue weighted by Crippen LogP contribution is 2.24. The van der Waals surface area contributed by atoms with Crippen LogP contribution < -0.4 is 0 Å². The van der Waals surface area contributed by atoms with Crippen molar-refractivity contribution in [2.45, 2.75) is 0 Å². The Bertz CT molecular complexity index is 590. The maximum absolute atomic E-state index is 4.13. The van der Waals surface area contributed by atoms with Crippen molar-refractivity contribution in [2.75, 3.05) is 0 Å². The molecule has 0 aliphatic heterocycles. The third-order valence-corrected chi connectivity index (χ3v) is 2.65. The predicted octanol–water partition coefficient (Wildman–Crippen LogP) is 4.87. The van der Waals surface area contributed by atoms with Gasteiger partial charge in [-0.3, -0.25) is 0 Å². The molecule has 0 aliphatic rings. The minimum absolute atomic E-state index is 1.28. The molecule has 0 radical (unpaired) electrons. The van der Waals surface area contributed by atoms with Crippen molar-refractivity contribution < 1.29 is 0 Å². The van der Waals surface area contributed by atoms with Gasteiger partial charge in [-0.1, -0.05) is 72.9 Å². The lowest BCUT2D eigenvalue weighted by atomic mass is 10.0. The van der Waals surface area contributed by atoms with E-state index in [-0.39, 0.29) is 0 Å². The Morgan fingerprint density at radius 2 is 1.06 bits per heavy atom. The quantitative estimate of drug-likeness (QED) is 0.340. The summed E-state index contributed by atoms with van der Waals surface area (Å²) >= 11 is 7.61.